The van der Waals surface area contributed by atoms with Gasteiger partial charge in [-0.05, 0) is 18.2 Å². The summed E-state index contributed by atoms with van der Waals surface area (Å²) < 4.78 is 18.1. The molecule has 2 N–H and O–H groups in total. The minimum absolute atomic E-state index is 0.340. The third-order valence-electron chi connectivity index (χ3n) is 1.82. The summed E-state index contributed by atoms with van der Waals surface area (Å²) in [5.74, 6) is 0.252. The molecule has 0 bridgehead atoms. The van der Waals surface area contributed by atoms with Crippen LogP contribution in [0.25, 0.3) is 0 Å². The Labute approximate surface area is 76.8 Å². The number of hydrogen-bond acceptors (Lipinski definition) is 2. The maximum absolute atomic E-state index is 13.2. The third kappa shape index (κ3) is 2.06. The number of hydrogen-bond donors (Lipinski definition) is 1. The molecule has 0 heterocycles. The first kappa shape index (κ1) is 9.74. The van der Waals surface area contributed by atoms with E-state index in [1.165, 1.54) is 19.3 Å². The van der Waals surface area contributed by atoms with Crippen LogP contribution in [0.3, 0.4) is 0 Å². The Kier molecular flexibility index (Phi) is 3.03. The zero-order valence-electron chi connectivity index (χ0n) is 7.46. The molecule has 70 valence electrons. The number of benzene rings is 1. The van der Waals surface area contributed by atoms with Crippen molar-refractivity contribution >= 4 is 0 Å². The Morgan fingerprint density at radius 2 is 2.31 bits per heavy atom. The second-order valence-electron chi connectivity index (χ2n) is 2.65. The highest BCUT2D eigenvalue weighted by atomic mass is 19.1. The fourth-order valence-corrected chi connectivity index (χ4v) is 1.03. The normalized spacial score (nSPS) is 12.2. The van der Waals surface area contributed by atoms with Crippen molar-refractivity contribution in [3.8, 4) is 5.75 Å². The molecule has 0 saturated heterocycles. The third-order valence-corrected chi connectivity index (χ3v) is 1.82. The fourth-order valence-electron chi connectivity index (χ4n) is 1.03. The van der Waals surface area contributed by atoms with Crippen molar-refractivity contribution in [2.45, 2.75) is 6.04 Å². The molecule has 2 nitrogen and oxygen atoms in total. The van der Waals surface area contributed by atoms with Gasteiger partial charge in [-0.2, -0.15) is 0 Å². The van der Waals surface area contributed by atoms with E-state index in [2.05, 4.69) is 6.58 Å². The van der Waals surface area contributed by atoms with E-state index in [4.69, 9.17) is 10.5 Å². The Hall–Kier alpha value is -1.35. The summed E-state index contributed by atoms with van der Waals surface area (Å²) in [5.41, 5.74) is 6.00. The van der Waals surface area contributed by atoms with Gasteiger partial charge in [0.05, 0.1) is 13.2 Å². The van der Waals surface area contributed by atoms with Gasteiger partial charge in [0.25, 0.3) is 0 Å². The summed E-state index contributed by atoms with van der Waals surface area (Å²) in [6, 6.07) is 3.96. The average molecular weight is 181 g/mol. The van der Waals surface area contributed by atoms with Gasteiger partial charge in [-0.3, -0.25) is 0 Å². The number of rotatable bonds is 3. The van der Waals surface area contributed by atoms with E-state index in [1.807, 2.05) is 0 Å². The Morgan fingerprint density at radius 1 is 1.62 bits per heavy atom. The summed E-state index contributed by atoms with van der Waals surface area (Å²) >= 11 is 0. The van der Waals surface area contributed by atoms with Crippen molar-refractivity contribution in [2.24, 2.45) is 5.73 Å². The predicted molar refractivity (Wildman–Crippen MR) is 50.1 cm³/mol. The van der Waals surface area contributed by atoms with Crippen LogP contribution in [0.5, 0.6) is 5.75 Å². The van der Waals surface area contributed by atoms with Crippen LogP contribution in [-0.4, -0.2) is 7.11 Å². The molecular formula is C10H12FNO. The Bertz CT molecular complexity index is 312. The summed E-state index contributed by atoms with van der Waals surface area (Å²) in [7, 11) is 1.52. The first-order chi connectivity index (χ1) is 6.19. The molecule has 0 aliphatic heterocycles. The van der Waals surface area contributed by atoms with Gasteiger partial charge < -0.3 is 10.5 Å². The van der Waals surface area contributed by atoms with Crippen LogP contribution in [0.15, 0.2) is 30.9 Å². The smallest absolute Gasteiger partial charge is 0.128 e. The second-order valence-corrected chi connectivity index (χ2v) is 2.65. The fraction of sp³-hybridized carbons (Fsp3) is 0.200. The van der Waals surface area contributed by atoms with Crippen LogP contribution in [0.2, 0.25) is 0 Å². The monoisotopic (exact) mass is 181 g/mol. The molecule has 0 aromatic heterocycles. The lowest BCUT2D eigenvalue weighted by Gasteiger charge is -2.09. The van der Waals surface area contributed by atoms with Crippen molar-refractivity contribution in [1.82, 2.24) is 0 Å². The summed E-state index contributed by atoms with van der Waals surface area (Å²) in [5, 5.41) is 0. The van der Waals surface area contributed by atoms with Crippen molar-refractivity contribution in [3.05, 3.63) is 42.2 Å². The van der Waals surface area contributed by atoms with Crippen LogP contribution in [0.4, 0.5) is 4.39 Å². The SMILES string of the molecule is C=C[C@H](N)c1cc(OC)ccc1F. The van der Waals surface area contributed by atoms with Crippen LogP contribution in [-0.2, 0) is 0 Å². The molecule has 1 aromatic carbocycles. The molecule has 3 heteroatoms. The average Bonchev–Trinajstić information content (AvgIpc) is 2.17. The summed E-state index contributed by atoms with van der Waals surface area (Å²) in [6.07, 6.45) is 1.48. The molecule has 0 saturated carbocycles. The maximum atomic E-state index is 13.2. The summed E-state index contributed by atoms with van der Waals surface area (Å²) in [6.45, 7) is 3.50. The molecule has 0 radical (unpaired) electrons. The Morgan fingerprint density at radius 3 is 2.85 bits per heavy atom. The minimum atomic E-state index is -0.491. The largest absolute Gasteiger partial charge is 0.497 e. The van der Waals surface area contributed by atoms with E-state index in [9.17, 15) is 4.39 Å². The molecule has 0 fully saturated rings. The van der Waals surface area contributed by atoms with Gasteiger partial charge in [-0.15, -0.1) is 6.58 Å². The zero-order chi connectivity index (χ0) is 9.84. The lowest BCUT2D eigenvalue weighted by atomic mass is 10.1. The first-order valence-electron chi connectivity index (χ1n) is 3.90. The molecule has 0 unspecified atom stereocenters. The zero-order valence-corrected chi connectivity index (χ0v) is 7.46. The lowest BCUT2D eigenvalue weighted by molar-refractivity contribution is 0.412. The molecule has 1 aromatic rings. The second kappa shape index (κ2) is 4.05. The van der Waals surface area contributed by atoms with E-state index in [-0.39, 0.29) is 5.82 Å². The van der Waals surface area contributed by atoms with Gasteiger partial charge >= 0.3 is 0 Å². The maximum Gasteiger partial charge on any atom is 0.128 e. The standard InChI is InChI=1S/C10H12FNO/c1-3-10(12)8-6-7(13-2)4-5-9(8)11/h3-6,10H,1,12H2,2H3/t10-/m0/s1. The highest BCUT2D eigenvalue weighted by Gasteiger charge is 2.08. The highest BCUT2D eigenvalue weighted by Crippen LogP contribution is 2.21. The van der Waals surface area contributed by atoms with E-state index in [0.717, 1.165) is 0 Å². The molecule has 1 rings (SSSR count). The van der Waals surface area contributed by atoms with Crippen molar-refractivity contribution in [2.75, 3.05) is 7.11 Å². The first-order valence-corrected chi connectivity index (χ1v) is 3.90. The molecule has 0 amide bonds. The van der Waals surface area contributed by atoms with Gasteiger partial charge in [0.15, 0.2) is 0 Å². The predicted octanol–water partition coefficient (Wildman–Crippen LogP) is 2.02. The number of methoxy groups -OCH3 is 1. The molecule has 0 spiro atoms. The van der Waals surface area contributed by atoms with E-state index in [1.54, 1.807) is 12.1 Å². The molecule has 0 aliphatic rings. The molecular weight excluding hydrogens is 169 g/mol. The molecule has 1 atom stereocenters. The number of halogens is 1. The quantitative estimate of drug-likeness (QED) is 0.724. The molecule has 0 aliphatic carbocycles. The number of ether oxygens (including phenoxy) is 1. The van der Waals surface area contributed by atoms with Gasteiger partial charge in [-0.25, -0.2) is 4.39 Å². The van der Waals surface area contributed by atoms with Crippen LogP contribution < -0.4 is 10.5 Å². The van der Waals surface area contributed by atoms with E-state index >= 15 is 0 Å². The topological polar surface area (TPSA) is 35.2 Å². The van der Waals surface area contributed by atoms with Crippen LogP contribution in [0.1, 0.15) is 11.6 Å². The lowest BCUT2D eigenvalue weighted by Crippen LogP contribution is -2.08. The van der Waals surface area contributed by atoms with E-state index in [0.29, 0.717) is 11.3 Å². The Balaban J connectivity index is 3.10. The van der Waals surface area contributed by atoms with Gasteiger partial charge in [0.2, 0.25) is 0 Å². The van der Waals surface area contributed by atoms with E-state index < -0.39 is 6.04 Å². The summed E-state index contributed by atoms with van der Waals surface area (Å²) in [4.78, 5) is 0. The van der Waals surface area contributed by atoms with Crippen molar-refractivity contribution < 1.29 is 9.13 Å². The van der Waals surface area contributed by atoms with Crippen molar-refractivity contribution in [1.29, 1.82) is 0 Å². The number of nitrogens with two attached hydrogens (primary N) is 1. The minimum Gasteiger partial charge on any atom is -0.497 e. The van der Waals surface area contributed by atoms with Crippen LogP contribution in [0, 0.1) is 5.82 Å². The van der Waals surface area contributed by atoms with Gasteiger partial charge in [0.1, 0.15) is 11.6 Å². The van der Waals surface area contributed by atoms with Gasteiger partial charge in [0, 0.05) is 5.56 Å². The van der Waals surface area contributed by atoms with Gasteiger partial charge in [-0.1, -0.05) is 6.08 Å². The molecule has 13 heavy (non-hydrogen) atoms. The highest BCUT2D eigenvalue weighted by molar-refractivity contribution is 5.33. The van der Waals surface area contributed by atoms with Crippen LogP contribution >= 0.6 is 0 Å². The van der Waals surface area contributed by atoms with Crippen molar-refractivity contribution in [3.63, 3.8) is 0 Å².